The summed E-state index contributed by atoms with van der Waals surface area (Å²) in [5, 5.41) is 45.6. The van der Waals surface area contributed by atoms with Gasteiger partial charge in [-0.3, -0.25) is 43.9 Å². The summed E-state index contributed by atoms with van der Waals surface area (Å²) >= 11 is 7.31. The van der Waals surface area contributed by atoms with E-state index in [1.54, 1.807) is 93.6 Å². The topological polar surface area (TPSA) is 363 Å². The molecule has 0 saturated carbocycles. The number of non-ortho nitro benzene ring substituents is 2. The molecule has 0 aliphatic carbocycles. The molecular formula is C72H66Cl2N12O15S7Sn. The predicted molar refractivity (Wildman–Crippen MR) is 430 cm³/mol. The van der Waals surface area contributed by atoms with E-state index in [2.05, 4.69) is 35.5 Å². The van der Waals surface area contributed by atoms with Crippen molar-refractivity contribution in [1.29, 1.82) is 0 Å². The van der Waals surface area contributed by atoms with Crippen molar-refractivity contribution in [3.05, 3.63) is 285 Å². The molecule has 0 fully saturated rings. The molecule has 564 valence electrons. The van der Waals surface area contributed by atoms with Gasteiger partial charge in [-0.05, 0) is 59.5 Å². The van der Waals surface area contributed by atoms with Gasteiger partial charge in [-0.15, -0.1) is 68.0 Å². The number of methoxy groups -OCH3 is 1. The number of aromatic nitrogens is 5. The van der Waals surface area contributed by atoms with Crippen LogP contribution in [0.2, 0.25) is 4.94 Å². The van der Waals surface area contributed by atoms with Crippen LogP contribution in [-0.2, 0) is 87.5 Å². The molecule has 37 heteroatoms. The Morgan fingerprint density at radius 1 is 0.560 bits per heavy atom. The van der Waals surface area contributed by atoms with Gasteiger partial charge >= 0.3 is 63.1 Å². The summed E-state index contributed by atoms with van der Waals surface area (Å²) in [7, 11) is 7.43. The molecule has 3 atom stereocenters. The number of hydrogen-bond donors (Lipinski definition) is 5. The van der Waals surface area contributed by atoms with Crippen LogP contribution in [0, 0.1) is 26.8 Å². The zero-order valence-corrected chi connectivity index (χ0v) is 68.0. The SMILES string of the molecule is O=COCc1ccsc1N[C@@H](Cc1ccc(NS(=O)(=O)O)cc1)c1csc(-c2ccccc2)n1.O=COCc1ncsc1N[C@@H](Cc1ccc([N+](=O)[O-])cc1)c1csc(-c2ccccc2)n1.O=COCc1ncsc1N[C@@H](Cc1ccc([N+](=O)[O-])cc1)c1csc(-c2ccccc2)n1.[C-]#[N+]CC(=O)OC.[CH3][SnH]([Cl])[Cl]. The number of rotatable bonds is 32. The fourth-order valence-corrected chi connectivity index (χ4v) is 15.2. The zero-order valence-electron chi connectivity index (χ0n) is 57.5. The van der Waals surface area contributed by atoms with Crippen LogP contribution in [-0.4, -0.2) is 104 Å². The van der Waals surface area contributed by atoms with E-state index in [1.807, 2.05) is 128 Å². The summed E-state index contributed by atoms with van der Waals surface area (Å²) in [6.45, 7) is 7.52. The Kier molecular flexibility index (Phi) is 34.4. The standard InChI is InChI=1S/C23H21N3O5S3.2C22H18N4O4S2.C4H5NO2.CH3.2ClH.Sn.H/c27-15-31-13-18-10-11-32-23(18)24-20(12-16-6-8-19(9-7-16)26-34(28,29)30)21-14-33-22(25-21)17-4-2-1-3-5-17;2*27-14-30-11-19-22(32-13-23-19)24-18(10-15-6-8-17(9-7-15)26(28)29)20-12-31-21(25-20)16-4-2-1-3-5-16;1-5-3-4(6)7-2;;;;;/h1-11,14-15,20,24,26H,12-13H2,(H,28,29,30);2*1-9,12-14,18,24H,10-11H2;3H2,2H3;1H3;2*1H;;/q;;;;;;;+2;/p-2/t20-;2*18-;;;;;;/m000....../s1. The van der Waals surface area contributed by atoms with Gasteiger partial charge in [-0.2, -0.15) is 8.42 Å². The van der Waals surface area contributed by atoms with E-state index in [4.69, 9.17) is 58.1 Å². The number of hydrogen-bond acceptors (Lipinski definition) is 28. The number of carbonyl (C=O) groups excluding carboxylic acids is 4. The third kappa shape index (κ3) is 28.1. The maximum absolute atomic E-state index is 11.0. The minimum absolute atomic E-state index is 0.0500. The Balaban J connectivity index is 0.000000192. The molecule has 109 heavy (non-hydrogen) atoms. The van der Waals surface area contributed by atoms with Gasteiger partial charge in [0.2, 0.25) is 0 Å². The second kappa shape index (κ2) is 44.3. The van der Waals surface area contributed by atoms with Crippen LogP contribution < -0.4 is 20.7 Å². The number of nitro groups is 2. The minimum atomic E-state index is -4.33. The molecule has 0 spiro atoms. The molecule has 6 heterocycles. The van der Waals surface area contributed by atoms with Gasteiger partial charge in [-0.25, -0.2) is 36.3 Å². The van der Waals surface area contributed by atoms with Crippen LogP contribution in [0.15, 0.2) is 202 Å². The van der Waals surface area contributed by atoms with E-state index >= 15 is 0 Å². The Labute approximate surface area is 664 Å². The number of nitrogens with zero attached hydrogens (tertiary/aromatic N) is 8. The second-order valence-electron chi connectivity index (χ2n) is 22.3. The van der Waals surface area contributed by atoms with Crippen molar-refractivity contribution in [2.75, 3.05) is 34.3 Å². The fraction of sp³-hybridized carbons (Fsp3) is 0.167. The first kappa shape index (κ1) is 84.5. The zero-order chi connectivity index (χ0) is 77.9. The number of benzene rings is 6. The van der Waals surface area contributed by atoms with Gasteiger partial charge in [0.25, 0.3) is 30.8 Å². The second-order valence-corrected chi connectivity index (χ2v) is 41.9. The number of nitrogens with one attached hydrogen (secondary N) is 4. The monoisotopic (exact) mass is 1750 g/mol. The number of anilines is 4. The number of esters is 1. The molecule has 27 nitrogen and oxygen atoms in total. The van der Waals surface area contributed by atoms with Gasteiger partial charge < -0.3 is 39.7 Å². The number of halogens is 2. The third-order valence-corrected chi connectivity index (χ3v) is 20.5. The average Bonchev–Trinajstić information content (AvgIpc) is 1.72. The number of ether oxygens (including phenoxy) is 4. The molecule has 0 aliphatic rings. The molecule has 12 aromatic rings. The first-order chi connectivity index (χ1) is 52.7. The van der Waals surface area contributed by atoms with Crippen molar-refractivity contribution in [2.24, 2.45) is 0 Å². The molecule has 5 N–H and O–H groups in total. The normalized spacial score (nSPS) is 11.4. The van der Waals surface area contributed by atoms with Crippen molar-refractivity contribution in [3.63, 3.8) is 0 Å². The van der Waals surface area contributed by atoms with E-state index in [-0.39, 0.29) is 61.6 Å². The summed E-state index contributed by atoms with van der Waals surface area (Å²) in [5.74, 6) is -0.477. The Morgan fingerprint density at radius 3 is 1.25 bits per heavy atom. The molecule has 0 unspecified atom stereocenters. The van der Waals surface area contributed by atoms with Crippen molar-refractivity contribution in [2.45, 2.75) is 62.1 Å². The summed E-state index contributed by atoms with van der Waals surface area (Å²) in [4.78, 5) is 90.7. The van der Waals surface area contributed by atoms with Gasteiger partial charge in [-0.1, -0.05) is 127 Å². The van der Waals surface area contributed by atoms with Gasteiger partial charge in [0.05, 0.1) is 73.9 Å². The van der Waals surface area contributed by atoms with Crippen LogP contribution >= 0.6 is 85.9 Å². The van der Waals surface area contributed by atoms with Gasteiger partial charge in [0.15, 0.2) is 0 Å². The molecule has 12 rings (SSSR count). The summed E-state index contributed by atoms with van der Waals surface area (Å²) < 4.78 is 51.9. The summed E-state index contributed by atoms with van der Waals surface area (Å²) in [6, 6.07) is 50.8. The van der Waals surface area contributed by atoms with Crippen LogP contribution in [0.3, 0.4) is 0 Å². The number of thiophene rings is 1. The molecule has 0 radical (unpaired) electrons. The fourth-order valence-electron chi connectivity index (χ4n) is 9.75. The van der Waals surface area contributed by atoms with Crippen molar-refractivity contribution >= 4 is 171 Å². The Bertz CT molecular complexity index is 4810. The maximum atomic E-state index is 11.0. The average molecular weight is 1750 g/mol. The van der Waals surface area contributed by atoms with E-state index in [9.17, 15) is 47.8 Å². The van der Waals surface area contributed by atoms with Crippen molar-refractivity contribution < 1.29 is 60.9 Å². The van der Waals surface area contributed by atoms with Crippen molar-refractivity contribution in [1.82, 2.24) is 24.9 Å². The first-order valence-electron chi connectivity index (χ1n) is 32.1. The number of thiazole rings is 5. The molecule has 0 bridgehead atoms. The summed E-state index contributed by atoms with van der Waals surface area (Å²) in [6.07, 6.45) is 1.68. The van der Waals surface area contributed by atoms with Crippen LogP contribution in [0.4, 0.5) is 32.1 Å². The van der Waals surface area contributed by atoms with Crippen LogP contribution in [0.25, 0.3) is 36.6 Å². The molecule has 0 aliphatic heterocycles. The number of carbonyl (C=O) groups is 4. The van der Waals surface area contributed by atoms with E-state index in [0.717, 1.165) is 86.1 Å². The Hall–Kier alpha value is -10.2. The first-order valence-corrected chi connectivity index (χ1v) is 50.5. The van der Waals surface area contributed by atoms with Gasteiger partial charge in [0.1, 0.15) is 56.2 Å². The van der Waals surface area contributed by atoms with Gasteiger partial charge in [0, 0.05) is 62.7 Å². The number of nitro benzene ring substituents is 2. The van der Waals surface area contributed by atoms with E-state index < -0.39 is 43.6 Å². The van der Waals surface area contributed by atoms with Crippen molar-refractivity contribution in [3.8, 4) is 31.7 Å². The molecule has 6 aromatic heterocycles. The molecule has 6 aromatic carbocycles. The van der Waals surface area contributed by atoms with E-state index in [1.165, 1.54) is 65.4 Å². The third-order valence-electron chi connectivity index (χ3n) is 14.8. The van der Waals surface area contributed by atoms with Crippen LogP contribution in [0.1, 0.15) is 68.8 Å². The molecule has 0 saturated heterocycles. The van der Waals surface area contributed by atoms with Crippen LogP contribution in [0.5, 0.6) is 0 Å². The predicted octanol–water partition coefficient (Wildman–Crippen LogP) is 17.0. The molecular weight excluding hydrogens is 1690 g/mol. The van der Waals surface area contributed by atoms with E-state index in [0.29, 0.717) is 50.1 Å². The Morgan fingerprint density at radius 2 is 0.917 bits per heavy atom. The summed E-state index contributed by atoms with van der Waals surface area (Å²) in [5.41, 5.74) is 14.3. The quantitative estimate of drug-likeness (QED) is 0.00382. The molecule has 0 amide bonds.